The van der Waals surface area contributed by atoms with Crippen LogP contribution in [0.5, 0.6) is 5.75 Å². The molecule has 98 valence electrons. The number of urea groups is 1. The summed E-state index contributed by atoms with van der Waals surface area (Å²) in [5.74, 6) is 0.950. The van der Waals surface area contributed by atoms with Gasteiger partial charge in [-0.2, -0.15) is 0 Å². The summed E-state index contributed by atoms with van der Waals surface area (Å²) in [6.45, 7) is 2.39. The number of para-hydroxylation sites is 1. The van der Waals surface area contributed by atoms with E-state index in [0.29, 0.717) is 23.9 Å². The van der Waals surface area contributed by atoms with Gasteiger partial charge < -0.3 is 10.1 Å². The van der Waals surface area contributed by atoms with E-state index in [4.69, 9.17) is 4.74 Å². The van der Waals surface area contributed by atoms with Gasteiger partial charge >= 0.3 is 6.03 Å². The van der Waals surface area contributed by atoms with Crippen LogP contribution in [0.25, 0.3) is 0 Å². The summed E-state index contributed by atoms with van der Waals surface area (Å²) in [4.78, 5) is 15.9. The van der Waals surface area contributed by atoms with Crippen LogP contribution in [0.2, 0.25) is 0 Å². The molecule has 5 nitrogen and oxygen atoms in total. The maximum atomic E-state index is 11.8. The number of carbonyl (C=O) groups is 1. The Hall–Kier alpha value is -2.56. The smallest absolute Gasteiger partial charge is 0.324 e. The van der Waals surface area contributed by atoms with E-state index < -0.39 is 0 Å². The average molecular weight is 257 g/mol. The highest BCUT2D eigenvalue weighted by molar-refractivity contribution is 5.99. The predicted octanol–water partition coefficient (Wildman–Crippen LogP) is 3.12. The molecule has 1 aromatic heterocycles. The fourth-order valence-electron chi connectivity index (χ4n) is 1.55. The first kappa shape index (κ1) is 12.9. The lowest BCUT2D eigenvalue weighted by Gasteiger charge is -2.10. The summed E-state index contributed by atoms with van der Waals surface area (Å²) in [5, 5.41) is 5.37. The zero-order chi connectivity index (χ0) is 13.5. The molecule has 0 aliphatic heterocycles. The lowest BCUT2D eigenvalue weighted by molar-refractivity contribution is 0.261. The molecule has 0 unspecified atom stereocenters. The van der Waals surface area contributed by atoms with Crippen molar-refractivity contribution in [3.05, 3.63) is 48.7 Å². The molecule has 1 aromatic carbocycles. The Morgan fingerprint density at radius 3 is 2.68 bits per heavy atom. The first-order valence-electron chi connectivity index (χ1n) is 6.00. The van der Waals surface area contributed by atoms with Gasteiger partial charge in [0.15, 0.2) is 11.6 Å². The molecule has 0 spiro atoms. The average Bonchev–Trinajstić information content (AvgIpc) is 2.42. The predicted molar refractivity (Wildman–Crippen MR) is 74.5 cm³/mol. The topological polar surface area (TPSA) is 63.2 Å². The van der Waals surface area contributed by atoms with Crippen molar-refractivity contribution >= 4 is 17.5 Å². The number of benzene rings is 1. The lowest BCUT2D eigenvalue weighted by atomic mass is 10.3. The van der Waals surface area contributed by atoms with Gasteiger partial charge in [0, 0.05) is 11.9 Å². The van der Waals surface area contributed by atoms with Crippen molar-refractivity contribution in [2.45, 2.75) is 6.92 Å². The molecule has 5 heteroatoms. The van der Waals surface area contributed by atoms with Crippen molar-refractivity contribution in [3.63, 3.8) is 0 Å². The van der Waals surface area contributed by atoms with Crippen LogP contribution in [0.1, 0.15) is 6.92 Å². The number of ether oxygens (including phenoxy) is 1. The van der Waals surface area contributed by atoms with Crippen molar-refractivity contribution in [1.29, 1.82) is 0 Å². The molecule has 0 radical (unpaired) electrons. The molecule has 0 atom stereocenters. The van der Waals surface area contributed by atoms with Crippen LogP contribution in [0.3, 0.4) is 0 Å². The van der Waals surface area contributed by atoms with Crippen molar-refractivity contribution in [2.75, 3.05) is 17.2 Å². The normalized spacial score (nSPS) is 9.74. The van der Waals surface area contributed by atoms with Crippen LogP contribution in [0, 0.1) is 0 Å². The van der Waals surface area contributed by atoms with Gasteiger partial charge in [-0.05, 0) is 31.2 Å². The fourth-order valence-corrected chi connectivity index (χ4v) is 1.55. The van der Waals surface area contributed by atoms with E-state index in [1.54, 1.807) is 18.3 Å². The Balaban J connectivity index is 2.03. The van der Waals surface area contributed by atoms with Crippen molar-refractivity contribution in [3.8, 4) is 5.75 Å². The van der Waals surface area contributed by atoms with Crippen molar-refractivity contribution < 1.29 is 9.53 Å². The number of carbonyl (C=O) groups excluding carboxylic acids is 1. The number of pyridine rings is 1. The molecule has 0 fully saturated rings. The quantitative estimate of drug-likeness (QED) is 0.884. The second kappa shape index (κ2) is 6.39. The molecular weight excluding hydrogens is 242 g/mol. The van der Waals surface area contributed by atoms with E-state index in [-0.39, 0.29) is 6.03 Å². The maximum Gasteiger partial charge on any atom is 0.324 e. The minimum absolute atomic E-state index is 0.356. The first-order chi connectivity index (χ1) is 9.29. The summed E-state index contributed by atoms with van der Waals surface area (Å²) in [6.07, 6.45) is 1.60. The van der Waals surface area contributed by atoms with Crippen molar-refractivity contribution in [1.82, 2.24) is 4.98 Å². The largest absolute Gasteiger partial charge is 0.490 e. The summed E-state index contributed by atoms with van der Waals surface area (Å²) in [6, 6.07) is 12.4. The molecule has 2 N–H and O–H groups in total. The zero-order valence-electron chi connectivity index (χ0n) is 10.6. The van der Waals surface area contributed by atoms with E-state index in [1.165, 1.54) is 0 Å². The Morgan fingerprint density at radius 2 is 1.95 bits per heavy atom. The Kier molecular flexibility index (Phi) is 4.34. The third kappa shape index (κ3) is 3.70. The number of aromatic nitrogens is 1. The fraction of sp³-hybridized carbons (Fsp3) is 0.143. The zero-order valence-corrected chi connectivity index (χ0v) is 10.6. The van der Waals surface area contributed by atoms with E-state index in [0.717, 1.165) is 0 Å². The van der Waals surface area contributed by atoms with E-state index in [1.807, 2.05) is 37.3 Å². The van der Waals surface area contributed by atoms with Gasteiger partial charge in [0.25, 0.3) is 0 Å². The minimum Gasteiger partial charge on any atom is -0.490 e. The van der Waals surface area contributed by atoms with Gasteiger partial charge in [0.1, 0.15) is 0 Å². The Bertz CT molecular complexity index is 543. The summed E-state index contributed by atoms with van der Waals surface area (Å²) in [7, 11) is 0. The highest BCUT2D eigenvalue weighted by Gasteiger charge is 2.08. The van der Waals surface area contributed by atoms with Crippen LogP contribution < -0.4 is 15.4 Å². The number of hydrogen-bond donors (Lipinski definition) is 2. The van der Waals surface area contributed by atoms with Gasteiger partial charge in [-0.3, -0.25) is 5.32 Å². The highest BCUT2D eigenvalue weighted by Crippen LogP contribution is 2.20. The van der Waals surface area contributed by atoms with Gasteiger partial charge in [0.2, 0.25) is 0 Å². The van der Waals surface area contributed by atoms with Crippen molar-refractivity contribution in [2.24, 2.45) is 0 Å². The molecule has 2 rings (SSSR count). The van der Waals surface area contributed by atoms with Gasteiger partial charge in [0.05, 0.1) is 6.61 Å². The molecule has 0 aliphatic rings. The second-order valence-corrected chi connectivity index (χ2v) is 3.73. The number of rotatable bonds is 4. The molecular formula is C14H15N3O2. The van der Waals surface area contributed by atoms with Crippen LogP contribution in [-0.2, 0) is 0 Å². The molecule has 2 amide bonds. The first-order valence-corrected chi connectivity index (χ1v) is 6.00. The van der Waals surface area contributed by atoms with E-state index >= 15 is 0 Å². The van der Waals surface area contributed by atoms with Crippen LogP contribution >= 0.6 is 0 Å². The van der Waals surface area contributed by atoms with Gasteiger partial charge in [-0.15, -0.1) is 0 Å². The maximum absolute atomic E-state index is 11.8. The molecule has 0 bridgehead atoms. The lowest BCUT2D eigenvalue weighted by Crippen LogP contribution is -2.20. The summed E-state index contributed by atoms with van der Waals surface area (Å²) in [5.41, 5.74) is 0.717. The second-order valence-electron chi connectivity index (χ2n) is 3.73. The molecule has 19 heavy (non-hydrogen) atoms. The number of nitrogens with zero attached hydrogens (tertiary/aromatic N) is 1. The number of anilines is 2. The summed E-state index contributed by atoms with van der Waals surface area (Å²) < 4.78 is 5.38. The third-order valence-corrected chi connectivity index (χ3v) is 2.33. The van der Waals surface area contributed by atoms with Gasteiger partial charge in [-0.1, -0.05) is 18.2 Å². The molecule has 0 saturated carbocycles. The third-order valence-electron chi connectivity index (χ3n) is 2.33. The Morgan fingerprint density at radius 1 is 1.16 bits per heavy atom. The highest BCUT2D eigenvalue weighted by atomic mass is 16.5. The standard InChI is InChI=1S/C14H15N3O2/c1-2-19-12-9-6-10-15-13(12)17-14(18)16-11-7-4-3-5-8-11/h3-10H,2H2,1H3,(H2,15,16,17,18). The SMILES string of the molecule is CCOc1cccnc1NC(=O)Nc1ccccc1. The minimum atomic E-state index is -0.356. The molecule has 2 aromatic rings. The van der Waals surface area contributed by atoms with E-state index in [2.05, 4.69) is 15.6 Å². The van der Waals surface area contributed by atoms with Gasteiger partial charge in [-0.25, -0.2) is 9.78 Å². The number of amides is 2. The van der Waals surface area contributed by atoms with Crippen LogP contribution in [-0.4, -0.2) is 17.6 Å². The Labute approximate surface area is 111 Å². The van der Waals surface area contributed by atoms with E-state index in [9.17, 15) is 4.79 Å². The monoisotopic (exact) mass is 257 g/mol. The molecule has 0 saturated heterocycles. The van der Waals surface area contributed by atoms with Crippen LogP contribution in [0.15, 0.2) is 48.7 Å². The summed E-state index contributed by atoms with van der Waals surface area (Å²) >= 11 is 0. The molecule has 1 heterocycles. The molecule has 0 aliphatic carbocycles. The van der Waals surface area contributed by atoms with Crippen LogP contribution in [0.4, 0.5) is 16.3 Å². The number of nitrogens with one attached hydrogen (secondary N) is 2. The number of hydrogen-bond acceptors (Lipinski definition) is 3.